The van der Waals surface area contributed by atoms with Crippen LogP contribution >= 0.6 is 11.8 Å². The summed E-state index contributed by atoms with van der Waals surface area (Å²) < 4.78 is 5.60. The van der Waals surface area contributed by atoms with Crippen LogP contribution in [0.15, 0.2) is 62.9 Å². The second-order valence-electron chi connectivity index (χ2n) is 7.14. The fourth-order valence-corrected chi connectivity index (χ4v) is 4.42. The first kappa shape index (κ1) is 22.2. The van der Waals surface area contributed by atoms with Crippen molar-refractivity contribution in [2.45, 2.75) is 33.1 Å². The molecule has 2 heterocycles. The number of primary amides is 1. The number of carbonyl (C=O) groups excluding carboxylic acids is 2. The zero-order valence-electron chi connectivity index (χ0n) is 17.6. The summed E-state index contributed by atoms with van der Waals surface area (Å²) in [7, 11) is 0. The zero-order chi connectivity index (χ0) is 22.5. The summed E-state index contributed by atoms with van der Waals surface area (Å²) in [5, 5.41) is 16.6. The molecular formula is C23H24N4O3S. The van der Waals surface area contributed by atoms with Crippen molar-refractivity contribution in [3.8, 4) is 6.07 Å². The van der Waals surface area contributed by atoms with E-state index in [2.05, 4.69) is 16.7 Å². The lowest BCUT2D eigenvalue weighted by Crippen LogP contribution is -2.31. The number of benzene rings is 1. The first-order valence-electron chi connectivity index (χ1n) is 9.83. The minimum atomic E-state index is -0.703. The Morgan fingerprint density at radius 2 is 2.06 bits per heavy atom. The number of nitriles is 1. The predicted molar refractivity (Wildman–Crippen MR) is 121 cm³/mol. The molecule has 1 aliphatic rings. The molecule has 160 valence electrons. The molecule has 1 aromatic heterocycles. The SMILES string of the molecule is CCc1cccc(C)c1NC(=O)C1=C(C)NC(SCC(N)=O)=C(C#N)C1c1ccco1. The molecule has 1 aliphatic heterocycles. The molecule has 1 unspecified atom stereocenters. The Balaban J connectivity index is 2.04. The maximum Gasteiger partial charge on any atom is 0.254 e. The van der Waals surface area contributed by atoms with Crippen molar-refractivity contribution < 1.29 is 14.0 Å². The first-order valence-corrected chi connectivity index (χ1v) is 10.8. The van der Waals surface area contributed by atoms with Gasteiger partial charge in [0.1, 0.15) is 5.76 Å². The number of hydrogen-bond acceptors (Lipinski definition) is 6. The fraction of sp³-hybridized carbons (Fsp3) is 0.261. The van der Waals surface area contributed by atoms with Gasteiger partial charge in [-0.15, -0.1) is 0 Å². The summed E-state index contributed by atoms with van der Waals surface area (Å²) in [4.78, 5) is 24.7. The quantitative estimate of drug-likeness (QED) is 0.608. The summed E-state index contributed by atoms with van der Waals surface area (Å²) in [6, 6.07) is 11.5. The molecule has 7 nitrogen and oxygen atoms in total. The van der Waals surface area contributed by atoms with Gasteiger partial charge in [-0.25, -0.2) is 0 Å². The first-order chi connectivity index (χ1) is 14.9. The highest BCUT2D eigenvalue weighted by molar-refractivity contribution is 8.03. The highest BCUT2D eigenvalue weighted by Gasteiger charge is 2.36. The van der Waals surface area contributed by atoms with E-state index in [9.17, 15) is 14.9 Å². The lowest BCUT2D eigenvalue weighted by Gasteiger charge is -2.28. The van der Waals surface area contributed by atoms with Gasteiger partial charge in [-0.1, -0.05) is 36.9 Å². The summed E-state index contributed by atoms with van der Waals surface area (Å²) >= 11 is 1.13. The van der Waals surface area contributed by atoms with Crippen molar-refractivity contribution in [3.05, 3.63) is 75.4 Å². The number of nitrogens with zero attached hydrogens (tertiary/aromatic N) is 1. The summed E-state index contributed by atoms with van der Waals surface area (Å²) in [5.74, 6) is -1.04. The molecule has 0 aliphatic carbocycles. The van der Waals surface area contributed by atoms with Gasteiger partial charge in [-0.05, 0) is 43.5 Å². The Morgan fingerprint density at radius 3 is 2.68 bits per heavy atom. The van der Waals surface area contributed by atoms with E-state index in [1.54, 1.807) is 19.1 Å². The number of hydrogen-bond donors (Lipinski definition) is 3. The van der Waals surface area contributed by atoms with Gasteiger partial charge >= 0.3 is 0 Å². The fourth-order valence-electron chi connectivity index (χ4n) is 3.59. The third kappa shape index (κ3) is 4.67. The number of aryl methyl sites for hydroxylation is 2. The van der Waals surface area contributed by atoms with Crippen LogP contribution in [0.4, 0.5) is 5.69 Å². The molecule has 4 N–H and O–H groups in total. The van der Waals surface area contributed by atoms with Gasteiger partial charge < -0.3 is 20.8 Å². The highest BCUT2D eigenvalue weighted by Crippen LogP contribution is 2.41. The molecule has 1 atom stereocenters. The summed E-state index contributed by atoms with van der Waals surface area (Å²) in [5.41, 5.74) is 9.30. The Hall–Kier alpha value is -3.44. The molecule has 0 spiro atoms. The Kier molecular flexibility index (Phi) is 6.88. The van der Waals surface area contributed by atoms with Crippen molar-refractivity contribution in [1.82, 2.24) is 5.32 Å². The molecule has 2 aromatic rings. The van der Waals surface area contributed by atoms with Gasteiger partial charge in [0.05, 0.1) is 40.2 Å². The van der Waals surface area contributed by atoms with Crippen LogP contribution in [0.2, 0.25) is 0 Å². The minimum Gasteiger partial charge on any atom is -0.468 e. The average Bonchev–Trinajstić information content (AvgIpc) is 3.27. The molecule has 0 saturated heterocycles. The van der Waals surface area contributed by atoms with E-state index in [-0.39, 0.29) is 11.7 Å². The standard InChI is InChI=1S/C23H24N4O3S/c1-4-15-8-5-7-13(2)21(15)27-22(29)19-14(3)26-23(31-12-18(25)28)16(11-24)20(19)17-9-6-10-30-17/h5-10,20,26H,4,12H2,1-3H3,(H2,25,28)(H,27,29). The molecular weight excluding hydrogens is 412 g/mol. The normalized spacial score (nSPS) is 16.0. The second-order valence-corrected chi connectivity index (χ2v) is 8.12. The van der Waals surface area contributed by atoms with E-state index >= 15 is 0 Å². The van der Waals surface area contributed by atoms with Crippen LogP contribution in [-0.2, 0) is 16.0 Å². The maximum absolute atomic E-state index is 13.5. The molecule has 0 radical (unpaired) electrons. The van der Waals surface area contributed by atoms with E-state index in [1.165, 1.54) is 6.26 Å². The van der Waals surface area contributed by atoms with Crippen LogP contribution < -0.4 is 16.4 Å². The number of nitrogens with one attached hydrogen (secondary N) is 2. The van der Waals surface area contributed by atoms with Crippen molar-refractivity contribution in [1.29, 1.82) is 5.26 Å². The van der Waals surface area contributed by atoms with E-state index in [1.807, 2.05) is 32.0 Å². The predicted octanol–water partition coefficient (Wildman–Crippen LogP) is 3.70. The molecule has 0 fully saturated rings. The Morgan fingerprint density at radius 1 is 1.29 bits per heavy atom. The molecule has 31 heavy (non-hydrogen) atoms. The lowest BCUT2D eigenvalue weighted by molar-refractivity contribution is -0.115. The van der Waals surface area contributed by atoms with E-state index in [0.29, 0.717) is 27.6 Å². The van der Waals surface area contributed by atoms with Crippen LogP contribution in [0.1, 0.15) is 36.7 Å². The number of anilines is 1. The van der Waals surface area contributed by atoms with Crippen LogP contribution in [0.3, 0.4) is 0 Å². The monoisotopic (exact) mass is 436 g/mol. The Bertz CT molecular complexity index is 1110. The van der Waals surface area contributed by atoms with Crippen LogP contribution in [-0.4, -0.2) is 17.6 Å². The number of amides is 2. The van der Waals surface area contributed by atoms with Crippen molar-refractivity contribution >= 4 is 29.3 Å². The molecule has 1 aromatic carbocycles. The number of rotatable bonds is 7. The highest BCUT2D eigenvalue weighted by atomic mass is 32.2. The molecule has 8 heteroatoms. The van der Waals surface area contributed by atoms with E-state index < -0.39 is 11.8 Å². The van der Waals surface area contributed by atoms with Crippen molar-refractivity contribution in [3.63, 3.8) is 0 Å². The number of nitrogens with two attached hydrogens (primary N) is 1. The van der Waals surface area contributed by atoms with Crippen LogP contribution in [0.5, 0.6) is 0 Å². The minimum absolute atomic E-state index is 0.0102. The third-order valence-electron chi connectivity index (χ3n) is 5.06. The van der Waals surface area contributed by atoms with E-state index in [4.69, 9.17) is 10.2 Å². The average molecular weight is 437 g/mol. The smallest absolute Gasteiger partial charge is 0.254 e. The molecule has 2 amide bonds. The number of furan rings is 1. The molecule has 3 rings (SSSR count). The number of dihydropyridines is 1. The number of allylic oxidation sites excluding steroid dienone is 2. The van der Waals surface area contributed by atoms with Gasteiger partial charge in [0.2, 0.25) is 5.91 Å². The molecule has 0 saturated carbocycles. The van der Waals surface area contributed by atoms with Gasteiger partial charge in [-0.2, -0.15) is 5.26 Å². The number of carbonyl (C=O) groups is 2. The molecule has 0 bridgehead atoms. The van der Waals surface area contributed by atoms with E-state index in [0.717, 1.165) is 35.0 Å². The lowest BCUT2D eigenvalue weighted by atomic mass is 9.85. The van der Waals surface area contributed by atoms with Crippen LogP contribution in [0, 0.1) is 18.3 Å². The van der Waals surface area contributed by atoms with Crippen molar-refractivity contribution in [2.24, 2.45) is 5.73 Å². The van der Waals surface area contributed by atoms with Gasteiger partial charge in [0.15, 0.2) is 0 Å². The maximum atomic E-state index is 13.5. The summed E-state index contributed by atoms with van der Waals surface area (Å²) in [6.07, 6.45) is 2.27. The zero-order valence-corrected chi connectivity index (χ0v) is 18.4. The largest absolute Gasteiger partial charge is 0.468 e. The van der Waals surface area contributed by atoms with Gasteiger partial charge in [0.25, 0.3) is 5.91 Å². The topological polar surface area (TPSA) is 121 Å². The number of para-hydroxylation sites is 1. The van der Waals surface area contributed by atoms with Gasteiger partial charge in [-0.3, -0.25) is 9.59 Å². The third-order valence-corrected chi connectivity index (χ3v) is 6.10. The second kappa shape index (κ2) is 9.58. The van der Waals surface area contributed by atoms with Crippen molar-refractivity contribution in [2.75, 3.05) is 11.1 Å². The Labute approximate surface area is 185 Å². The van der Waals surface area contributed by atoms with Gasteiger partial charge in [0, 0.05) is 11.4 Å². The van der Waals surface area contributed by atoms with Crippen LogP contribution in [0.25, 0.3) is 0 Å². The summed E-state index contributed by atoms with van der Waals surface area (Å²) in [6.45, 7) is 5.74. The number of thioether (sulfide) groups is 1.